The number of aryl methyl sites for hydroxylation is 1. The summed E-state index contributed by atoms with van der Waals surface area (Å²) in [5, 5.41) is 8.15. The molecule has 0 unspecified atom stereocenters. The molecule has 6 nitrogen and oxygen atoms in total. The van der Waals surface area contributed by atoms with E-state index in [9.17, 15) is 4.79 Å². The fourth-order valence-electron chi connectivity index (χ4n) is 2.90. The molecular formula is C17H20Cl2N4O2. The Hall–Kier alpha value is -1.63. The van der Waals surface area contributed by atoms with E-state index in [1.807, 2.05) is 13.8 Å². The third-order valence-electron chi connectivity index (χ3n) is 4.22. The number of carbonyl (C=O) groups excluding carboxylic acids is 1. The van der Waals surface area contributed by atoms with Gasteiger partial charge < -0.3 is 10.1 Å². The standard InChI is InChI=1S/C17H20Cl2N4O2/c1-3-14-21-16(17(24)20-10(2)13-8-5-9-25-13)22-23(14)15-11(18)6-4-7-12(15)19/h4,6-7,10,13H,3,5,8-9H2,1-2H3,(H,20,24)/t10-,13-/m0/s1. The van der Waals surface area contributed by atoms with Gasteiger partial charge in [0.1, 0.15) is 11.5 Å². The van der Waals surface area contributed by atoms with Crippen LogP contribution in [0.15, 0.2) is 18.2 Å². The van der Waals surface area contributed by atoms with Gasteiger partial charge in [-0.25, -0.2) is 9.67 Å². The van der Waals surface area contributed by atoms with Crippen molar-refractivity contribution in [3.8, 4) is 5.69 Å². The van der Waals surface area contributed by atoms with E-state index in [0.717, 1.165) is 19.4 Å². The van der Waals surface area contributed by atoms with E-state index in [4.69, 9.17) is 27.9 Å². The number of amides is 1. The minimum Gasteiger partial charge on any atom is -0.376 e. The first kappa shape index (κ1) is 18.2. The zero-order chi connectivity index (χ0) is 18.0. The van der Waals surface area contributed by atoms with Crippen LogP contribution in [0.5, 0.6) is 0 Å². The number of nitrogens with zero attached hydrogens (tertiary/aromatic N) is 3. The van der Waals surface area contributed by atoms with Crippen LogP contribution in [0.1, 0.15) is 43.1 Å². The van der Waals surface area contributed by atoms with Gasteiger partial charge in [0.2, 0.25) is 5.82 Å². The van der Waals surface area contributed by atoms with Gasteiger partial charge in [0.25, 0.3) is 5.91 Å². The maximum atomic E-state index is 12.5. The number of rotatable bonds is 5. The summed E-state index contributed by atoms with van der Waals surface area (Å²) in [6.07, 6.45) is 2.58. The van der Waals surface area contributed by atoms with Crippen molar-refractivity contribution in [2.45, 2.75) is 45.3 Å². The number of halogens is 2. The molecule has 2 atom stereocenters. The van der Waals surface area contributed by atoms with Crippen molar-refractivity contribution < 1.29 is 9.53 Å². The molecule has 1 aromatic carbocycles. The van der Waals surface area contributed by atoms with Crippen molar-refractivity contribution in [2.75, 3.05) is 6.61 Å². The predicted octanol–water partition coefficient (Wildman–Crippen LogP) is 3.43. The van der Waals surface area contributed by atoms with Crippen molar-refractivity contribution in [1.82, 2.24) is 20.1 Å². The van der Waals surface area contributed by atoms with Crippen molar-refractivity contribution in [3.05, 3.63) is 39.9 Å². The van der Waals surface area contributed by atoms with Gasteiger partial charge in [-0.1, -0.05) is 36.2 Å². The molecule has 25 heavy (non-hydrogen) atoms. The van der Waals surface area contributed by atoms with Gasteiger partial charge in [-0.2, -0.15) is 0 Å². The zero-order valence-corrected chi connectivity index (χ0v) is 15.6. The van der Waals surface area contributed by atoms with Crippen LogP contribution >= 0.6 is 23.2 Å². The second kappa shape index (κ2) is 7.72. The van der Waals surface area contributed by atoms with Gasteiger partial charge in [0, 0.05) is 13.0 Å². The molecule has 1 aromatic heterocycles. The van der Waals surface area contributed by atoms with Crippen LogP contribution in [0.3, 0.4) is 0 Å². The Morgan fingerprint density at radius 2 is 2.16 bits per heavy atom. The fraction of sp³-hybridized carbons (Fsp3) is 0.471. The molecular weight excluding hydrogens is 363 g/mol. The van der Waals surface area contributed by atoms with Crippen LogP contribution in [0.4, 0.5) is 0 Å². The second-order valence-corrected chi connectivity index (χ2v) is 6.82. The monoisotopic (exact) mass is 382 g/mol. The third kappa shape index (κ3) is 3.81. The van der Waals surface area contributed by atoms with Crippen LogP contribution in [-0.4, -0.2) is 39.4 Å². The molecule has 1 aliphatic heterocycles. The molecule has 1 aliphatic rings. The molecule has 3 rings (SSSR count). The lowest BCUT2D eigenvalue weighted by molar-refractivity contribution is 0.0706. The summed E-state index contributed by atoms with van der Waals surface area (Å²) in [6.45, 7) is 4.60. The number of ether oxygens (including phenoxy) is 1. The van der Waals surface area contributed by atoms with Crippen LogP contribution < -0.4 is 5.32 Å². The third-order valence-corrected chi connectivity index (χ3v) is 4.83. The number of benzene rings is 1. The number of nitrogens with one attached hydrogen (secondary N) is 1. The van der Waals surface area contributed by atoms with Gasteiger partial charge in [-0.15, -0.1) is 5.10 Å². The predicted molar refractivity (Wildman–Crippen MR) is 96.7 cm³/mol. The minimum absolute atomic E-state index is 0.0368. The summed E-state index contributed by atoms with van der Waals surface area (Å²) in [5.41, 5.74) is 0.529. The van der Waals surface area contributed by atoms with Crippen molar-refractivity contribution in [2.24, 2.45) is 0 Å². The topological polar surface area (TPSA) is 69.0 Å². The zero-order valence-electron chi connectivity index (χ0n) is 14.1. The molecule has 8 heteroatoms. The molecule has 2 aromatic rings. The first-order chi connectivity index (χ1) is 12.0. The van der Waals surface area contributed by atoms with E-state index in [0.29, 0.717) is 28.0 Å². The number of carbonyl (C=O) groups is 1. The Bertz CT molecular complexity index is 752. The van der Waals surface area contributed by atoms with E-state index in [1.54, 1.807) is 18.2 Å². The average molecular weight is 383 g/mol. The lowest BCUT2D eigenvalue weighted by Gasteiger charge is -2.18. The summed E-state index contributed by atoms with van der Waals surface area (Å²) in [5.74, 6) is 0.377. The van der Waals surface area contributed by atoms with Gasteiger partial charge in [-0.05, 0) is 31.9 Å². The maximum Gasteiger partial charge on any atom is 0.291 e. The molecule has 1 fully saturated rings. The van der Waals surface area contributed by atoms with E-state index < -0.39 is 0 Å². The first-order valence-corrected chi connectivity index (χ1v) is 9.09. The summed E-state index contributed by atoms with van der Waals surface area (Å²) in [4.78, 5) is 16.9. The van der Waals surface area contributed by atoms with Gasteiger partial charge in [0.15, 0.2) is 0 Å². The smallest absolute Gasteiger partial charge is 0.291 e. The molecule has 0 aliphatic carbocycles. The highest BCUT2D eigenvalue weighted by atomic mass is 35.5. The normalized spacial score (nSPS) is 18.3. The summed E-state index contributed by atoms with van der Waals surface area (Å²) < 4.78 is 7.14. The Morgan fingerprint density at radius 1 is 1.44 bits per heavy atom. The van der Waals surface area contributed by atoms with Crippen LogP contribution in [-0.2, 0) is 11.2 Å². The minimum atomic E-state index is -0.334. The van der Waals surface area contributed by atoms with Crippen molar-refractivity contribution in [3.63, 3.8) is 0 Å². The molecule has 0 radical (unpaired) electrons. The first-order valence-electron chi connectivity index (χ1n) is 8.34. The van der Waals surface area contributed by atoms with Crippen LogP contribution in [0, 0.1) is 0 Å². The highest BCUT2D eigenvalue weighted by Crippen LogP contribution is 2.28. The fourth-order valence-corrected chi connectivity index (χ4v) is 3.46. The molecule has 0 bridgehead atoms. The molecule has 0 saturated carbocycles. The average Bonchev–Trinajstić information content (AvgIpc) is 3.24. The van der Waals surface area contributed by atoms with E-state index in [2.05, 4.69) is 15.4 Å². The largest absolute Gasteiger partial charge is 0.376 e. The lowest BCUT2D eigenvalue weighted by Crippen LogP contribution is -2.41. The molecule has 1 amide bonds. The summed E-state index contributed by atoms with van der Waals surface area (Å²) in [6, 6.07) is 5.11. The number of hydrogen-bond donors (Lipinski definition) is 1. The molecule has 2 heterocycles. The quantitative estimate of drug-likeness (QED) is 0.859. The van der Waals surface area contributed by atoms with Crippen molar-refractivity contribution >= 4 is 29.1 Å². The van der Waals surface area contributed by atoms with Crippen LogP contribution in [0.2, 0.25) is 10.0 Å². The highest BCUT2D eigenvalue weighted by Gasteiger charge is 2.26. The number of para-hydroxylation sites is 1. The maximum absolute atomic E-state index is 12.5. The van der Waals surface area contributed by atoms with E-state index >= 15 is 0 Å². The number of aromatic nitrogens is 3. The molecule has 0 spiro atoms. The van der Waals surface area contributed by atoms with E-state index in [-0.39, 0.29) is 23.9 Å². The van der Waals surface area contributed by atoms with Crippen molar-refractivity contribution in [1.29, 1.82) is 0 Å². The van der Waals surface area contributed by atoms with Gasteiger partial charge in [0.05, 0.1) is 22.2 Å². The SMILES string of the molecule is CCc1nc(C(=O)N[C@@H](C)[C@@H]2CCCO2)nn1-c1c(Cl)cccc1Cl. The Balaban J connectivity index is 1.86. The number of hydrogen-bond acceptors (Lipinski definition) is 4. The van der Waals surface area contributed by atoms with Crippen LogP contribution in [0.25, 0.3) is 5.69 Å². The second-order valence-electron chi connectivity index (χ2n) is 6.00. The van der Waals surface area contributed by atoms with E-state index in [1.165, 1.54) is 4.68 Å². The van der Waals surface area contributed by atoms with Gasteiger partial charge >= 0.3 is 0 Å². The lowest BCUT2D eigenvalue weighted by atomic mass is 10.1. The molecule has 1 N–H and O–H groups in total. The Kier molecular flexibility index (Phi) is 5.61. The Labute approximate surface area is 156 Å². The Morgan fingerprint density at radius 3 is 2.76 bits per heavy atom. The molecule has 134 valence electrons. The summed E-state index contributed by atoms with van der Waals surface area (Å²) in [7, 11) is 0. The molecule has 1 saturated heterocycles. The summed E-state index contributed by atoms with van der Waals surface area (Å²) >= 11 is 12.5. The highest BCUT2D eigenvalue weighted by molar-refractivity contribution is 6.37. The van der Waals surface area contributed by atoms with Gasteiger partial charge in [-0.3, -0.25) is 4.79 Å².